The van der Waals surface area contributed by atoms with Gasteiger partial charge in [-0.15, -0.1) is 0 Å². The molecule has 2 bridgehead atoms. The molecule has 0 aromatic rings. The summed E-state index contributed by atoms with van der Waals surface area (Å²) < 4.78 is 12.1. The molecule has 16 heavy (non-hydrogen) atoms. The second kappa shape index (κ2) is 3.99. The van der Waals surface area contributed by atoms with Crippen LogP contribution in [0, 0.1) is 5.92 Å². The normalized spacial score (nSPS) is 44.8. The van der Waals surface area contributed by atoms with Crippen LogP contribution in [-0.4, -0.2) is 24.4 Å². The SMILES string of the molecule is CC12CCC(CC3CCCCC3)(CO1)OC2. The largest absolute Gasteiger partial charge is 0.370 e. The Morgan fingerprint density at radius 3 is 2.38 bits per heavy atom. The molecule has 4 rings (SSSR count). The molecule has 4 fully saturated rings. The highest BCUT2D eigenvalue weighted by molar-refractivity contribution is 4.98. The Morgan fingerprint density at radius 2 is 1.81 bits per heavy atom. The monoisotopic (exact) mass is 224 g/mol. The molecular weight excluding hydrogens is 200 g/mol. The van der Waals surface area contributed by atoms with Crippen molar-refractivity contribution >= 4 is 0 Å². The predicted octanol–water partition coefficient (Wildman–Crippen LogP) is 3.29. The van der Waals surface area contributed by atoms with Gasteiger partial charge in [-0.1, -0.05) is 32.1 Å². The highest BCUT2D eigenvalue weighted by Gasteiger charge is 2.49. The van der Waals surface area contributed by atoms with Crippen LogP contribution in [0.1, 0.15) is 58.3 Å². The lowest BCUT2D eigenvalue weighted by molar-refractivity contribution is -0.276. The van der Waals surface area contributed by atoms with E-state index in [2.05, 4.69) is 6.92 Å². The number of hydrogen-bond donors (Lipinski definition) is 0. The Bertz CT molecular complexity index is 231. The molecule has 3 aliphatic heterocycles. The van der Waals surface area contributed by atoms with E-state index >= 15 is 0 Å². The maximum Gasteiger partial charge on any atom is 0.0920 e. The summed E-state index contributed by atoms with van der Waals surface area (Å²) in [6.07, 6.45) is 10.8. The van der Waals surface area contributed by atoms with Crippen molar-refractivity contribution in [3.63, 3.8) is 0 Å². The number of hydrogen-bond acceptors (Lipinski definition) is 2. The van der Waals surface area contributed by atoms with Crippen LogP contribution in [0.4, 0.5) is 0 Å². The third-order valence-corrected chi connectivity index (χ3v) is 4.86. The minimum atomic E-state index is 0.0360. The van der Waals surface area contributed by atoms with E-state index in [4.69, 9.17) is 9.47 Å². The van der Waals surface area contributed by atoms with Crippen LogP contribution >= 0.6 is 0 Å². The second-order valence-corrected chi connectivity index (χ2v) is 6.42. The molecule has 1 aliphatic carbocycles. The zero-order valence-electron chi connectivity index (χ0n) is 10.5. The van der Waals surface area contributed by atoms with E-state index in [0.29, 0.717) is 0 Å². The molecule has 2 unspecified atom stereocenters. The molecule has 2 atom stereocenters. The maximum absolute atomic E-state index is 6.15. The first-order valence-corrected chi connectivity index (χ1v) is 6.98. The molecule has 4 aliphatic rings. The molecule has 3 heterocycles. The molecule has 2 nitrogen and oxygen atoms in total. The third-order valence-electron chi connectivity index (χ3n) is 4.86. The summed E-state index contributed by atoms with van der Waals surface area (Å²) in [5.74, 6) is 0.903. The molecule has 92 valence electrons. The average molecular weight is 224 g/mol. The maximum atomic E-state index is 6.15. The summed E-state index contributed by atoms with van der Waals surface area (Å²) in [6.45, 7) is 3.86. The van der Waals surface area contributed by atoms with Gasteiger partial charge in [0, 0.05) is 0 Å². The van der Waals surface area contributed by atoms with E-state index in [1.807, 2.05) is 0 Å². The van der Waals surface area contributed by atoms with Crippen molar-refractivity contribution in [1.82, 2.24) is 0 Å². The lowest BCUT2D eigenvalue weighted by Crippen LogP contribution is -2.58. The fourth-order valence-corrected chi connectivity index (χ4v) is 3.61. The first kappa shape index (κ1) is 11.0. The summed E-state index contributed by atoms with van der Waals surface area (Å²) in [6, 6.07) is 0. The van der Waals surface area contributed by atoms with Crippen LogP contribution in [0.5, 0.6) is 0 Å². The van der Waals surface area contributed by atoms with E-state index in [1.54, 1.807) is 0 Å². The topological polar surface area (TPSA) is 18.5 Å². The van der Waals surface area contributed by atoms with Gasteiger partial charge in [0.05, 0.1) is 24.4 Å². The van der Waals surface area contributed by atoms with Crippen LogP contribution < -0.4 is 0 Å². The minimum Gasteiger partial charge on any atom is -0.370 e. The van der Waals surface area contributed by atoms with Crippen LogP contribution in [-0.2, 0) is 9.47 Å². The second-order valence-electron chi connectivity index (χ2n) is 6.42. The van der Waals surface area contributed by atoms with Gasteiger partial charge in [-0.2, -0.15) is 0 Å². The van der Waals surface area contributed by atoms with Gasteiger partial charge in [0.2, 0.25) is 0 Å². The van der Waals surface area contributed by atoms with Crippen molar-refractivity contribution in [3.8, 4) is 0 Å². The molecule has 3 saturated heterocycles. The molecule has 2 heteroatoms. The zero-order chi connectivity index (χ0) is 11.1. The Kier molecular flexibility index (Phi) is 2.75. The van der Waals surface area contributed by atoms with Crippen molar-refractivity contribution in [2.75, 3.05) is 13.2 Å². The molecule has 0 N–H and O–H groups in total. The first-order chi connectivity index (χ1) is 7.70. The van der Waals surface area contributed by atoms with Gasteiger partial charge >= 0.3 is 0 Å². The van der Waals surface area contributed by atoms with E-state index in [9.17, 15) is 0 Å². The first-order valence-electron chi connectivity index (χ1n) is 6.98. The smallest absolute Gasteiger partial charge is 0.0920 e. The van der Waals surface area contributed by atoms with E-state index in [-0.39, 0.29) is 11.2 Å². The Hall–Kier alpha value is -0.0800. The molecule has 0 aromatic heterocycles. The number of fused-ring (bicyclic) bond motifs is 3. The average Bonchev–Trinajstić information content (AvgIpc) is 2.33. The van der Waals surface area contributed by atoms with Gasteiger partial charge in [-0.05, 0) is 32.1 Å². The Morgan fingerprint density at radius 1 is 1.00 bits per heavy atom. The van der Waals surface area contributed by atoms with Crippen LogP contribution in [0.3, 0.4) is 0 Å². The van der Waals surface area contributed by atoms with Gasteiger partial charge in [0.15, 0.2) is 0 Å². The van der Waals surface area contributed by atoms with Gasteiger partial charge in [-0.3, -0.25) is 0 Å². The molecular formula is C14H24O2. The van der Waals surface area contributed by atoms with Crippen LogP contribution in [0.25, 0.3) is 0 Å². The fraction of sp³-hybridized carbons (Fsp3) is 1.00. The lowest BCUT2D eigenvalue weighted by atomic mass is 9.75. The molecule has 0 radical (unpaired) electrons. The van der Waals surface area contributed by atoms with Crippen molar-refractivity contribution in [3.05, 3.63) is 0 Å². The molecule has 0 amide bonds. The summed E-state index contributed by atoms with van der Waals surface area (Å²) in [5, 5.41) is 0. The van der Waals surface area contributed by atoms with Gasteiger partial charge in [-0.25, -0.2) is 0 Å². The quantitative estimate of drug-likeness (QED) is 0.716. The van der Waals surface area contributed by atoms with E-state index in [0.717, 1.165) is 19.1 Å². The zero-order valence-corrected chi connectivity index (χ0v) is 10.5. The summed E-state index contributed by atoms with van der Waals surface area (Å²) in [5.41, 5.74) is 0.133. The molecule has 0 spiro atoms. The summed E-state index contributed by atoms with van der Waals surface area (Å²) >= 11 is 0. The van der Waals surface area contributed by atoms with Crippen molar-refractivity contribution < 1.29 is 9.47 Å². The molecule has 1 saturated carbocycles. The van der Waals surface area contributed by atoms with Crippen molar-refractivity contribution in [1.29, 1.82) is 0 Å². The number of ether oxygens (including phenoxy) is 2. The van der Waals surface area contributed by atoms with Gasteiger partial charge in [0.25, 0.3) is 0 Å². The van der Waals surface area contributed by atoms with Crippen LogP contribution in [0.2, 0.25) is 0 Å². The highest BCUT2D eigenvalue weighted by Crippen LogP contribution is 2.44. The Labute approximate surface area is 98.7 Å². The lowest BCUT2D eigenvalue weighted by Gasteiger charge is -2.52. The summed E-state index contributed by atoms with van der Waals surface area (Å²) in [4.78, 5) is 0. The van der Waals surface area contributed by atoms with Crippen LogP contribution in [0.15, 0.2) is 0 Å². The molecule has 0 aromatic carbocycles. The Balaban J connectivity index is 1.61. The third kappa shape index (κ3) is 2.02. The van der Waals surface area contributed by atoms with Gasteiger partial charge in [0.1, 0.15) is 0 Å². The highest BCUT2D eigenvalue weighted by atomic mass is 16.6. The van der Waals surface area contributed by atoms with Crippen molar-refractivity contribution in [2.45, 2.75) is 69.5 Å². The van der Waals surface area contributed by atoms with E-state index < -0.39 is 0 Å². The van der Waals surface area contributed by atoms with Gasteiger partial charge < -0.3 is 9.47 Å². The standard InChI is InChI=1S/C14H24O2/c1-13-7-8-14(11-15-13,16-10-13)9-12-5-3-2-4-6-12/h12H,2-11H2,1H3. The predicted molar refractivity (Wildman–Crippen MR) is 63.5 cm³/mol. The fourth-order valence-electron chi connectivity index (χ4n) is 3.61. The van der Waals surface area contributed by atoms with Crippen molar-refractivity contribution in [2.24, 2.45) is 5.92 Å². The minimum absolute atomic E-state index is 0.0360. The number of rotatable bonds is 2. The summed E-state index contributed by atoms with van der Waals surface area (Å²) in [7, 11) is 0. The van der Waals surface area contributed by atoms with E-state index in [1.165, 1.54) is 51.4 Å².